The maximum atomic E-state index is 13.0. The molecule has 3 N–H and O–H groups in total. The number of carbonyl (C=O) groups excluding carboxylic acids is 1. The number of benzene rings is 2. The average Bonchev–Trinajstić information content (AvgIpc) is 2.69. The third-order valence-electron chi connectivity index (χ3n) is 4.31. The first-order valence-electron chi connectivity index (χ1n) is 9.10. The van der Waals surface area contributed by atoms with Crippen LogP contribution in [0.2, 0.25) is 0 Å². The van der Waals surface area contributed by atoms with Gasteiger partial charge in [0.25, 0.3) is 0 Å². The molecule has 2 rings (SSSR count). The predicted octanol–water partition coefficient (Wildman–Crippen LogP) is 4.29. The van der Waals surface area contributed by atoms with Crippen molar-refractivity contribution in [1.29, 1.82) is 0 Å². The first-order chi connectivity index (χ1) is 13.0. The SMILES string of the molecule is CCC(C)C(=O)Nc1cccc(CNC(=NC)NCc2ccc(F)cc2)c1.I. The van der Waals surface area contributed by atoms with Gasteiger partial charge in [-0.2, -0.15) is 0 Å². The highest BCUT2D eigenvalue weighted by molar-refractivity contribution is 14.0. The molecule has 0 aliphatic heterocycles. The third kappa shape index (κ3) is 7.84. The van der Waals surface area contributed by atoms with Gasteiger partial charge in [-0.15, -0.1) is 24.0 Å². The quantitative estimate of drug-likeness (QED) is 0.303. The zero-order chi connectivity index (χ0) is 19.6. The van der Waals surface area contributed by atoms with Crippen LogP contribution in [0.3, 0.4) is 0 Å². The van der Waals surface area contributed by atoms with Gasteiger partial charge < -0.3 is 16.0 Å². The van der Waals surface area contributed by atoms with Crippen molar-refractivity contribution < 1.29 is 9.18 Å². The molecule has 152 valence electrons. The minimum Gasteiger partial charge on any atom is -0.352 e. The van der Waals surface area contributed by atoms with Crippen molar-refractivity contribution >= 4 is 41.5 Å². The monoisotopic (exact) mass is 498 g/mol. The summed E-state index contributed by atoms with van der Waals surface area (Å²) in [6.07, 6.45) is 0.809. The van der Waals surface area contributed by atoms with E-state index in [1.165, 1.54) is 12.1 Å². The fourth-order valence-electron chi connectivity index (χ4n) is 2.40. The fourth-order valence-corrected chi connectivity index (χ4v) is 2.40. The molecular formula is C21H28FIN4O. The number of carbonyl (C=O) groups is 1. The molecule has 0 saturated heterocycles. The zero-order valence-electron chi connectivity index (χ0n) is 16.5. The van der Waals surface area contributed by atoms with Crippen LogP contribution in [0.5, 0.6) is 0 Å². The topological polar surface area (TPSA) is 65.5 Å². The minimum absolute atomic E-state index is 0. The Labute approximate surface area is 183 Å². The van der Waals surface area contributed by atoms with Crippen LogP contribution < -0.4 is 16.0 Å². The Kier molecular flexibility index (Phi) is 10.5. The summed E-state index contributed by atoms with van der Waals surface area (Å²) in [6, 6.07) is 14.1. The molecule has 7 heteroatoms. The van der Waals surface area contributed by atoms with Crippen LogP contribution in [-0.4, -0.2) is 18.9 Å². The van der Waals surface area contributed by atoms with Crippen molar-refractivity contribution in [3.8, 4) is 0 Å². The first kappa shape index (κ1) is 23.9. The summed E-state index contributed by atoms with van der Waals surface area (Å²) in [5.41, 5.74) is 2.78. The Morgan fingerprint density at radius 2 is 1.71 bits per heavy atom. The molecule has 28 heavy (non-hydrogen) atoms. The highest BCUT2D eigenvalue weighted by Crippen LogP contribution is 2.13. The highest BCUT2D eigenvalue weighted by atomic mass is 127. The summed E-state index contributed by atoms with van der Waals surface area (Å²) in [5, 5.41) is 9.37. The predicted molar refractivity (Wildman–Crippen MR) is 123 cm³/mol. The number of anilines is 1. The van der Waals surface area contributed by atoms with Gasteiger partial charge in [0.15, 0.2) is 5.96 Å². The molecule has 0 spiro atoms. The van der Waals surface area contributed by atoms with Crippen LogP contribution in [0.25, 0.3) is 0 Å². The normalized spacial score (nSPS) is 11.9. The number of halogens is 2. The summed E-state index contributed by atoms with van der Waals surface area (Å²) in [5.74, 6) is 0.413. The molecule has 0 saturated carbocycles. The highest BCUT2D eigenvalue weighted by Gasteiger charge is 2.10. The summed E-state index contributed by atoms with van der Waals surface area (Å²) >= 11 is 0. The minimum atomic E-state index is -0.249. The van der Waals surface area contributed by atoms with Crippen LogP contribution in [0.1, 0.15) is 31.4 Å². The molecule has 0 aliphatic carbocycles. The lowest BCUT2D eigenvalue weighted by Crippen LogP contribution is -2.36. The number of guanidine groups is 1. The smallest absolute Gasteiger partial charge is 0.227 e. The fraction of sp³-hybridized carbons (Fsp3) is 0.333. The van der Waals surface area contributed by atoms with E-state index in [0.717, 1.165) is 23.2 Å². The van der Waals surface area contributed by atoms with Crippen molar-refractivity contribution in [3.63, 3.8) is 0 Å². The second-order valence-corrected chi connectivity index (χ2v) is 6.40. The van der Waals surface area contributed by atoms with E-state index in [-0.39, 0.29) is 41.6 Å². The maximum Gasteiger partial charge on any atom is 0.227 e. The largest absolute Gasteiger partial charge is 0.352 e. The van der Waals surface area contributed by atoms with Crippen molar-refractivity contribution in [2.75, 3.05) is 12.4 Å². The van der Waals surface area contributed by atoms with Gasteiger partial charge in [-0.05, 0) is 41.8 Å². The maximum absolute atomic E-state index is 13.0. The van der Waals surface area contributed by atoms with Crippen molar-refractivity contribution in [3.05, 3.63) is 65.5 Å². The Morgan fingerprint density at radius 1 is 1.07 bits per heavy atom. The van der Waals surface area contributed by atoms with E-state index >= 15 is 0 Å². The third-order valence-corrected chi connectivity index (χ3v) is 4.31. The van der Waals surface area contributed by atoms with E-state index < -0.39 is 0 Å². The van der Waals surface area contributed by atoms with Crippen LogP contribution in [0.4, 0.5) is 10.1 Å². The number of aliphatic imine (C=N–C) groups is 1. The average molecular weight is 498 g/mol. The van der Waals surface area contributed by atoms with Crippen molar-refractivity contribution in [2.45, 2.75) is 33.4 Å². The van der Waals surface area contributed by atoms with Crippen molar-refractivity contribution in [2.24, 2.45) is 10.9 Å². The van der Waals surface area contributed by atoms with E-state index in [2.05, 4.69) is 20.9 Å². The number of amides is 1. The lowest BCUT2D eigenvalue weighted by molar-refractivity contribution is -0.119. The summed E-state index contributed by atoms with van der Waals surface area (Å²) < 4.78 is 13.0. The number of hydrogen-bond donors (Lipinski definition) is 3. The Hall–Kier alpha value is -2.16. The van der Waals surface area contributed by atoms with E-state index in [1.807, 2.05) is 38.1 Å². The van der Waals surface area contributed by atoms with Crippen LogP contribution in [-0.2, 0) is 17.9 Å². The van der Waals surface area contributed by atoms with Gasteiger partial charge in [0.2, 0.25) is 5.91 Å². The van der Waals surface area contributed by atoms with E-state index in [4.69, 9.17) is 0 Å². The van der Waals surface area contributed by atoms with E-state index in [0.29, 0.717) is 19.0 Å². The molecule has 0 bridgehead atoms. The van der Waals surface area contributed by atoms with Crippen LogP contribution in [0, 0.1) is 11.7 Å². The molecule has 0 fully saturated rings. The lowest BCUT2D eigenvalue weighted by Gasteiger charge is -2.14. The Balaban J connectivity index is 0.00000392. The first-order valence-corrected chi connectivity index (χ1v) is 9.10. The van der Waals surface area contributed by atoms with E-state index in [9.17, 15) is 9.18 Å². The lowest BCUT2D eigenvalue weighted by atomic mass is 10.1. The van der Waals surface area contributed by atoms with Gasteiger partial charge in [-0.25, -0.2) is 4.39 Å². The molecule has 2 aromatic rings. The zero-order valence-corrected chi connectivity index (χ0v) is 18.8. The number of nitrogens with one attached hydrogen (secondary N) is 3. The number of hydrogen-bond acceptors (Lipinski definition) is 2. The second kappa shape index (κ2) is 12.3. The van der Waals surface area contributed by atoms with Crippen LogP contribution >= 0.6 is 24.0 Å². The Bertz CT molecular complexity index is 780. The van der Waals surface area contributed by atoms with E-state index in [1.54, 1.807) is 19.2 Å². The summed E-state index contributed by atoms with van der Waals surface area (Å²) in [6.45, 7) is 5.02. The number of rotatable bonds is 7. The molecule has 1 amide bonds. The second-order valence-electron chi connectivity index (χ2n) is 6.40. The van der Waals surface area contributed by atoms with Gasteiger partial charge in [0.1, 0.15) is 5.82 Å². The molecular weight excluding hydrogens is 470 g/mol. The standard InChI is InChI=1S/C21H27FN4O.HI/c1-4-15(2)20(27)26-19-7-5-6-17(12-19)14-25-21(23-3)24-13-16-8-10-18(22)11-9-16;/h5-12,15H,4,13-14H2,1-3H3,(H,26,27)(H2,23,24,25);1H. The van der Waals surface area contributed by atoms with Gasteiger partial charge in [0, 0.05) is 31.7 Å². The molecule has 0 aliphatic rings. The summed E-state index contributed by atoms with van der Waals surface area (Å²) in [4.78, 5) is 16.2. The molecule has 5 nitrogen and oxygen atoms in total. The molecule has 1 atom stereocenters. The summed E-state index contributed by atoms with van der Waals surface area (Å²) in [7, 11) is 1.70. The van der Waals surface area contributed by atoms with Crippen LogP contribution in [0.15, 0.2) is 53.5 Å². The number of nitrogens with zero attached hydrogens (tertiary/aromatic N) is 1. The molecule has 1 unspecified atom stereocenters. The molecule has 0 radical (unpaired) electrons. The molecule has 0 aromatic heterocycles. The van der Waals surface area contributed by atoms with Gasteiger partial charge in [-0.1, -0.05) is 38.1 Å². The van der Waals surface area contributed by atoms with Gasteiger partial charge in [0.05, 0.1) is 0 Å². The molecule has 0 heterocycles. The Morgan fingerprint density at radius 3 is 2.32 bits per heavy atom. The van der Waals surface area contributed by atoms with Gasteiger partial charge >= 0.3 is 0 Å². The van der Waals surface area contributed by atoms with Crippen molar-refractivity contribution in [1.82, 2.24) is 10.6 Å². The molecule has 2 aromatic carbocycles. The van der Waals surface area contributed by atoms with Gasteiger partial charge in [-0.3, -0.25) is 9.79 Å².